The van der Waals surface area contributed by atoms with Crippen molar-refractivity contribution in [1.29, 1.82) is 0 Å². The molecule has 0 aliphatic carbocycles. The first kappa shape index (κ1) is 11.0. The summed E-state index contributed by atoms with van der Waals surface area (Å²) in [6.45, 7) is 2.26. The fourth-order valence-corrected chi connectivity index (χ4v) is 1.14. The van der Waals surface area contributed by atoms with Crippen molar-refractivity contribution in [3.05, 3.63) is 30.1 Å². The molecule has 0 aliphatic heterocycles. The molecule has 1 rings (SSSR count). The van der Waals surface area contributed by atoms with Gasteiger partial charge in [-0.2, -0.15) is 0 Å². The molecule has 0 bridgehead atoms. The maximum atomic E-state index is 12.5. The van der Waals surface area contributed by atoms with Crippen molar-refractivity contribution in [1.82, 2.24) is 0 Å². The summed E-state index contributed by atoms with van der Waals surface area (Å²) >= 11 is 0. The van der Waals surface area contributed by atoms with Gasteiger partial charge < -0.3 is 9.84 Å². The first-order chi connectivity index (χ1) is 6.72. The molecule has 1 N–H and O–H groups in total. The average Bonchev–Trinajstić information content (AvgIpc) is 2.17. The molecule has 0 saturated heterocycles. The molecule has 2 nitrogen and oxygen atoms in total. The summed E-state index contributed by atoms with van der Waals surface area (Å²) < 4.78 is 17.8. The van der Waals surface area contributed by atoms with E-state index >= 15 is 0 Å². The molecule has 1 aromatic carbocycles. The van der Waals surface area contributed by atoms with Gasteiger partial charge in [0, 0.05) is 0 Å². The Balaban J connectivity index is 2.34. The SMILES string of the molecule is CCC[C@H](O)COc1ccc(F)cc1. The number of halogens is 1. The molecule has 0 radical (unpaired) electrons. The molecule has 0 saturated carbocycles. The lowest BCUT2D eigenvalue weighted by Gasteiger charge is -2.10. The quantitative estimate of drug-likeness (QED) is 0.787. The van der Waals surface area contributed by atoms with E-state index in [9.17, 15) is 9.50 Å². The van der Waals surface area contributed by atoms with Crippen LogP contribution in [0, 0.1) is 5.82 Å². The van der Waals surface area contributed by atoms with E-state index in [1.807, 2.05) is 6.92 Å². The van der Waals surface area contributed by atoms with Gasteiger partial charge in [0.05, 0.1) is 6.10 Å². The average molecular weight is 198 g/mol. The van der Waals surface area contributed by atoms with E-state index in [1.54, 1.807) is 12.1 Å². The van der Waals surface area contributed by atoms with E-state index in [2.05, 4.69) is 0 Å². The third-order valence-electron chi connectivity index (χ3n) is 1.88. The Labute approximate surface area is 83.3 Å². The number of rotatable bonds is 5. The van der Waals surface area contributed by atoms with Crippen molar-refractivity contribution in [2.75, 3.05) is 6.61 Å². The summed E-state index contributed by atoms with van der Waals surface area (Å²) in [5, 5.41) is 9.37. The molecule has 0 fully saturated rings. The number of hydrogen-bond acceptors (Lipinski definition) is 2. The van der Waals surface area contributed by atoms with Crippen LogP contribution in [0.25, 0.3) is 0 Å². The van der Waals surface area contributed by atoms with Crippen LogP contribution in [0.3, 0.4) is 0 Å². The molecule has 0 unspecified atom stereocenters. The van der Waals surface area contributed by atoms with Crippen LogP contribution in [0.5, 0.6) is 5.75 Å². The normalized spacial score (nSPS) is 12.5. The summed E-state index contributed by atoms with van der Waals surface area (Å²) in [6, 6.07) is 5.77. The molecule has 14 heavy (non-hydrogen) atoms. The zero-order chi connectivity index (χ0) is 10.4. The topological polar surface area (TPSA) is 29.5 Å². The van der Waals surface area contributed by atoms with Crippen LogP contribution >= 0.6 is 0 Å². The van der Waals surface area contributed by atoms with Gasteiger partial charge in [-0.25, -0.2) is 4.39 Å². The van der Waals surface area contributed by atoms with Crippen molar-refractivity contribution in [2.45, 2.75) is 25.9 Å². The number of aliphatic hydroxyl groups excluding tert-OH is 1. The summed E-state index contributed by atoms with van der Waals surface area (Å²) in [5.41, 5.74) is 0. The minimum atomic E-state index is -0.440. The molecule has 0 aromatic heterocycles. The van der Waals surface area contributed by atoms with E-state index in [0.717, 1.165) is 12.8 Å². The van der Waals surface area contributed by atoms with Crippen molar-refractivity contribution < 1.29 is 14.2 Å². The molecule has 0 amide bonds. The van der Waals surface area contributed by atoms with Crippen LogP contribution in [0.4, 0.5) is 4.39 Å². The lowest BCUT2D eigenvalue weighted by Crippen LogP contribution is -2.16. The van der Waals surface area contributed by atoms with Gasteiger partial charge in [0.2, 0.25) is 0 Å². The second kappa shape index (κ2) is 5.60. The predicted octanol–water partition coefficient (Wildman–Crippen LogP) is 2.37. The van der Waals surface area contributed by atoms with Crippen LogP contribution < -0.4 is 4.74 Å². The van der Waals surface area contributed by atoms with Crippen molar-refractivity contribution in [2.24, 2.45) is 0 Å². The van der Waals surface area contributed by atoms with Gasteiger partial charge in [-0.1, -0.05) is 13.3 Å². The van der Waals surface area contributed by atoms with Gasteiger partial charge >= 0.3 is 0 Å². The Morgan fingerprint density at radius 1 is 1.36 bits per heavy atom. The zero-order valence-electron chi connectivity index (χ0n) is 8.24. The molecule has 0 spiro atoms. The van der Waals surface area contributed by atoms with E-state index in [-0.39, 0.29) is 12.4 Å². The van der Waals surface area contributed by atoms with Crippen molar-refractivity contribution >= 4 is 0 Å². The summed E-state index contributed by atoms with van der Waals surface area (Å²) in [4.78, 5) is 0. The third-order valence-corrected chi connectivity index (χ3v) is 1.88. The smallest absolute Gasteiger partial charge is 0.123 e. The number of benzene rings is 1. The Kier molecular flexibility index (Phi) is 4.40. The van der Waals surface area contributed by atoms with Gasteiger partial charge in [-0.05, 0) is 30.7 Å². The monoisotopic (exact) mass is 198 g/mol. The first-order valence-corrected chi connectivity index (χ1v) is 4.78. The minimum Gasteiger partial charge on any atom is -0.491 e. The summed E-state index contributed by atoms with van der Waals surface area (Å²) in [6.07, 6.45) is 1.21. The molecule has 0 aliphatic rings. The lowest BCUT2D eigenvalue weighted by molar-refractivity contribution is 0.0993. The fraction of sp³-hybridized carbons (Fsp3) is 0.455. The molecule has 3 heteroatoms. The Morgan fingerprint density at radius 2 is 2.00 bits per heavy atom. The standard InChI is InChI=1S/C11H15FO2/c1-2-3-10(13)8-14-11-6-4-9(12)5-7-11/h4-7,10,13H,2-3,8H2,1H3/t10-/m0/s1. The van der Waals surface area contributed by atoms with Crippen LogP contribution in [-0.4, -0.2) is 17.8 Å². The second-order valence-electron chi connectivity index (χ2n) is 3.21. The molecule has 78 valence electrons. The Morgan fingerprint density at radius 3 is 2.57 bits per heavy atom. The Bertz CT molecular complexity index is 258. The maximum absolute atomic E-state index is 12.5. The lowest BCUT2D eigenvalue weighted by atomic mass is 10.2. The van der Waals surface area contributed by atoms with E-state index in [4.69, 9.17) is 4.74 Å². The molecule has 1 aromatic rings. The summed E-state index contributed by atoms with van der Waals surface area (Å²) in [7, 11) is 0. The molecule has 0 heterocycles. The highest BCUT2D eigenvalue weighted by atomic mass is 19.1. The van der Waals surface area contributed by atoms with Gasteiger partial charge in [0.1, 0.15) is 18.2 Å². The van der Waals surface area contributed by atoms with Crippen LogP contribution in [0.1, 0.15) is 19.8 Å². The predicted molar refractivity (Wildman–Crippen MR) is 52.8 cm³/mol. The van der Waals surface area contributed by atoms with Gasteiger partial charge in [0.25, 0.3) is 0 Å². The summed E-state index contributed by atoms with van der Waals surface area (Å²) in [5.74, 6) is 0.299. The van der Waals surface area contributed by atoms with Crippen molar-refractivity contribution in [3.8, 4) is 5.75 Å². The zero-order valence-corrected chi connectivity index (χ0v) is 8.24. The van der Waals surface area contributed by atoms with E-state index in [1.165, 1.54) is 12.1 Å². The minimum absolute atomic E-state index is 0.263. The largest absolute Gasteiger partial charge is 0.491 e. The highest BCUT2D eigenvalue weighted by molar-refractivity contribution is 5.21. The number of hydrogen-bond donors (Lipinski definition) is 1. The van der Waals surface area contributed by atoms with Crippen LogP contribution in [-0.2, 0) is 0 Å². The van der Waals surface area contributed by atoms with E-state index in [0.29, 0.717) is 5.75 Å². The third kappa shape index (κ3) is 3.75. The number of aliphatic hydroxyl groups is 1. The molecule has 1 atom stereocenters. The highest BCUT2D eigenvalue weighted by Gasteiger charge is 2.03. The maximum Gasteiger partial charge on any atom is 0.123 e. The van der Waals surface area contributed by atoms with Gasteiger partial charge in [-0.15, -0.1) is 0 Å². The molecular weight excluding hydrogens is 183 g/mol. The van der Waals surface area contributed by atoms with Gasteiger partial charge in [0.15, 0.2) is 0 Å². The molecular formula is C11H15FO2. The van der Waals surface area contributed by atoms with Crippen LogP contribution in [0.2, 0.25) is 0 Å². The first-order valence-electron chi connectivity index (χ1n) is 4.78. The Hall–Kier alpha value is -1.09. The second-order valence-corrected chi connectivity index (χ2v) is 3.21. The van der Waals surface area contributed by atoms with Crippen molar-refractivity contribution in [3.63, 3.8) is 0 Å². The van der Waals surface area contributed by atoms with E-state index < -0.39 is 6.10 Å². The number of ether oxygens (including phenoxy) is 1. The highest BCUT2D eigenvalue weighted by Crippen LogP contribution is 2.11. The fourth-order valence-electron chi connectivity index (χ4n) is 1.14. The van der Waals surface area contributed by atoms with Crippen LogP contribution in [0.15, 0.2) is 24.3 Å². The van der Waals surface area contributed by atoms with Gasteiger partial charge in [-0.3, -0.25) is 0 Å².